The smallest absolute Gasteiger partial charge is 0.234 e. The molecule has 1 saturated heterocycles. The highest BCUT2D eigenvalue weighted by atomic mass is 16.5. The van der Waals surface area contributed by atoms with Crippen molar-refractivity contribution in [3.8, 4) is 0 Å². The van der Waals surface area contributed by atoms with E-state index < -0.39 is 0 Å². The van der Waals surface area contributed by atoms with E-state index in [1.54, 1.807) is 0 Å². The van der Waals surface area contributed by atoms with Crippen molar-refractivity contribution in [2.45, 2.75) is 39.3 Å². The van der Waals surface area contributed by atoms with E-state index in [2.05, 4.69) is 55.4 Å². The number of carbonyl (C=O) groups is 1. The molecule has 0 aliphatic carbocycles. The molecule has 0 saturated carbocycles. The van der Waals surface area contributed by atoms with Gasteiger partial charge in [-0.3, -0.25) is 9.69 Å². The van der Waals surface area contributed by atoms with Crippen molar-refractivity contribution in [2.75, 3.05) is 39.4 Å². The summed E-state index contributed by atoms with van der Waals surface area (Å²) in [5, 5.41) is 6.49. The Morgan fingerprint density at radius 1 is 1.20 bits per heavy atom. The molecule has 0 radical (unpaired) electrons. The molecule has 1 heterocycles. The topological polar surface area (TPSA) is 53.6 Å². The lowest BCUT2D eigenvalue weighted by Gasteiger charge is -2.40. The Morgan fingerprint density at radius 2 is 1.84 bits per heavy atom. The first kappa shape index (κ1) is 19.9. The zero-order chi connectivity index (χ0) is 18.3. The van der Waals surface area contributed by atoms with Crippen LogP contribution in [0.4, 0.5) is 0 Å². The number of nitrogens with one attached hydrogen (secondary N) is 2. The highest BCUT2D eigenvalue weighted by molar-refractivity contribution is 5.78. The van der Waals surface area contributed by atoms with Crippen LogP contribution in [0.15, 0.2) is 30.3 Å². The molecule has 0 bridgehead atoms. The van der Waals surface area contributed by atoms with Gasteiger partial charge in [0.15, 0.2) is 0 Å². The summed E-state index contributed by atoms with van der Waals surface area (Å²) in [6.45, 7) is 13.0. The molecule has 1 aliphatic heterocycles. The van der Waals surface area contributed by atoms with Crippen molar-refractivity contribution < 1.29 is 9.53 Å². The number of hydrogen-bond donors (Lipinski definition) is 2. The van der Waals surface area contributed by atoms with Crippen molar-refractivity contribution in [3.05, 3.63) is 35.9 Å². The number of rotatable bonds is 8. The average molecular weight is 348 g/mol. The SMILES string of the molecule is CC(C)C(NCC(=O)NCC(C)(C)N1CCOCC1)c1ccccc1. The van der Waals surface area contributed by atoms with Gasteiger partial charge in [-0.1, -0.05) is 44.2 Å². The fraction of sp³-hybridized carbons (Fsp3) is 0.650. The van der Waals surface area contributed by atoms with E-state index in [9.17, 15) is 4.79 Å². The predicted octanol–water partition coefficient (Wildman–Crippen LogP) is 2.20. The van der Waals surface area contributed by atoms with Crippen LogP contribution in [-0.2, 0) is 9.53 Å². The summed E-state index contributed by atoms with van der Waals surface area (Å²) < 4.78 is 5.41. The molecule has 1 aromatic carbocycles. The summed E-state index contributed by atoms with van der Waals surface area (Å²) in [6, 6.07) is 10.5. The molecule has 140 valence electrons. The van der Waals surface area contributed by atoms with Gasteiger partial charge in [-0.2, -0.15) is 0 Å². The zero-order valence-electron chi connectivity index (χ0n) is 16.0. The van der Waals surface area contributed by atoms with E-state index in [1.807, 2.05) is 18.2 Å². The highest BCUT2D eigenvalue weighted by Gasteiger charge is 2.28. The van der Waals surface area contributed by atoms with Crippen molar-refractivity contribution in [1.29, 1.82) is 0 Å². The Balaban J connectivity index is 1.81. The molecular formula is C20H33N3O2. The van der Waals surface area contributed by atoms with Gasteiger partial charge in [0.25, 0.3) is 0 Å². The van der Waals surface area contributed by atoms with Crippen LogP contribution in [0.3, 0.4) is 0 Å². The van der Waals surface area contributed by atoms with Gasteiger partial charge in [0.1, 0.15) is 0 Å². The van der Waals surface area contributed by atoms with Crippen LogP contribution >= 0.6 is 0 Å². The second-order valence-corrected chi connectivity index (χ2v) is 7.70. The van der Waals surface area contributed by atoms with E-state index in [1.165, 1.54) is 5.56 Å². The molecule has 5 heteroatoms. The molecule has 0 spiro atoms. The molecular weight excluding hydrogens is 314 g/mol. The van der Waals surface area contributed by atoms with Gasteiger partial charge < -0.3 is 15.4 Å². The summed E-state index contributed by atoms with van der Waals surface area (Å²) >= 11 is 0. The van der Waals surface area contributed by atoms with E-state index >= 15 is 0 Å². The van der Waals surface area contributed by atoms with Crippen molar-refractivity contribution in [1.82, 2.24) is 15.5 Å². The maximum Gasteiger partial charge on any atom is 0.234 e. The summed E-state index contributed by atoms with van der Waals surface area (Å²) in [6.07, 6.45) is 0. The number of carbonyl (C=O) groups excluding carboxylic acids is 1. The maximum atomic E-state index is 12.3. The molecule has 1 amide bonds. The molecule has 1 aromatic rings. The number of benzene rings is 1. The number of hydrogen-bond acceptors (Lipinski definition) is 4. The first-order valence-corrected chi connectivity index (χ1v) is 9.28. The molecule has 1 unspecified atom stereocenters. The number of amides is 1. The normalized spacial score (nSPS) is 17.5. The lowest BCUT2D eigenvalue weighted by atomic mass is 9.96. The van der Waals surface area contributed by atoms with Gasteiger partial charge in [-0.25, -0.2) is 0 Å². The number of nitrogens with zero attached hydrogens (tertiary/aromatic N) is 1. The Morgan fingerprint density at radius 3 is 2.44 bits per heavy atom. The largest absolute Gasteiger partial charge is 0.379 e. The minimum atomic E-state index is -0.0592. The molecule has 2 rings (SSSR count). The quantitative estimate of drug-likeness (QED) is 0.757. The Kier molecular flexibility index (Phi) is 7.41. The molecule has 2 N–H and O–H groups in total. The predicted molar refractivity (Wildman–Crippen MR) is 102 cm³/mol. The van der Waals surface area contributed by atoms with Gasteiger partial charge in [-0.15, -0.1) is 0 Å². The van der Waals surface area contributed by atoms with Crippen LogP contribution in [0.2, 0.25) is 0 Å². The van der Waals surface area contributed by atoms with Gasteiger partial charge >= 0.3 is 0 Å². The lowest BCUT2D eigenvalue weighted by Crippen LogP contribution is -2.56. The number of morpholine rings is 1. The molecule has 1 fully saturated rings. The van der Waals surface area contributed by atoms with E-state index in [0.29, 0.717) is 19.0 Å². The fourth-order valence-corrected chi connectivity index (χ4v) is 3.26. The lowest BCUT2D eigenvalue weighted by molar-refractivity contribution is -0.121. The summed E-state index contributed by atoms with van der Waals surface area (Å²) in [5.41, 5.74) is 1.16. The summed E-state index contributed by atoms with van der Waals surface area (Å²) in [7, 11) is 0. The molecule has 1 atom stereocenters. The van der Waals surface area contributed by atoms with Crippen molar-refractivity contribution >= 4 is 5.91 Å². The minimum Gasteiger partial charge on any atom is -0.379 e. The monoisotopic (exact) mass is 347 g/mol. The fourth-order valence-electron chi connectivity index (χ4n) is 3.26. The zero-order valence-corrected chi connectivity index (χ0v) is 16.0. The molecule has 25 heavy (non-hydrogen) atoms. The van der Waals surface area contributed by atoms with E-state index in [4.69, 9.17) is 4.74 Å². The third-order valence-corrected chi connectivity index (χ3v) is 4.89. The molecule has 0 aromatic heterocycles. The first-order chi connectivity index (χ1) is 11.9. The van der Waals surface area contributed by atoms with Crippen LogP contribution in [0.5, 0.6) is 0 Å². The van der Waals surface area contributed by atoms with Gasteiger partial charge in [0, 0.05) is 31.2 Å². The second kappa shape index (κ2) is 9.32. The Labute approximate surface area is 152 Å². The van der Waals surface area contributed by atoms with Crippen LogP contribution in [0.25, 0.3) is 0 Å². The average Bonchev–Trinajstić information content (AvgIpc) is 2.61. The second-order valence-electron chi connectivity index (χ2n) is 7.70. The van der Waals surface area contributed by atoms with Gasteiger partial charge in [-0.05, 0) is 25.3 Å². The van der Waals surface area contributed by atoms with E-state index in [-0.39, 0.29) is 17.5 Å². The minimum absolute atomic E-state index is 0.0444. The Bertz CT molecular complexity index is 525. The van der Waals surface area contributed by atoms with Crippen LogP contribution in [0.1, 0.15) is 39.3 Å². The van der Waals surface area contributed by atoms with E-state index in [0.717, 1.165) is 26.3 Å². The van der Waals surface area contributed by atoms with Crippen molar-refractivity contribution in [3.63, 3.8) is 0 Å². The summed E-state index contributed by atoms with van der Waals surface area (Å²) in [4.78, 5) is 14.7. The first-order valence-electron chi connectivity index (χ1n) is 9.28. The molecule has 5 nitrogen and oxygen atoms in total. The summed E-state index contributed by atoms with van der Waals surface area (Å²) in [5.74, 6) is 0.461. The van der Waals surface area contributed by atoms with Crippen LogP contribution in [0, 0.1) is 5.92 Å². The molecule has 1 aliphatic rings. The van der Waals surface area contributed by atoms with Crippen LogP contribution < -0.4 is 10.6 Å². The maximum absolute atomic E-state index is 12.3. The Hall–Kier alpha value is -1.43. The van der Waals surface area contributed by atoms with Gasteiger partial charge in [0.2, 0.25) is 5.91 Å². The third-order valence-electron chi connectivity index (χ3n) is 4.89. The number of ether oxygens (including phenoxy) is 1. The standard InChI is InChI=1S/C20H33N3O2/c1-16(2)19(17-8-6-5-7-9-17)21-14-18(24)22-15-20(3,4)23-10-12-25-13-11-23/h5-9,16,19,21H,10-15H2,1-4H3,(H,22,24). The van der Waals surface area contributed by atoms with Gasteiger partial charge in [0.05, 0.1) is 19.8 Å². The highest BCUT2D eigenvalue weighted by Crippen LogP contribution is 2.21. The van der Waals surface area contributed by atoms with Crippen molar-refractivity contribution in [2.24, 2.45) is 5.92 Å². The third kappa shape index (κ3) is 6.10. The van der Waals surface area contributed by atoms with Crippen LogP contribution in [-0.4, -0.2) is 55.7 Å².